The highest BCUT2D eigenvalue weighted by Gasteiger charge is 2.07. The molecule has 0 bridgehead atoms. The first-order valence-corrected chi connectivity index (χ1v) is 7.06. The standard InChI is InChI=1S/C16H27NO2/c1-13(2)8-10-19-16-14(3)6-5-7-15(16)12-17-9-11-18-4/h5-7,13,17H,8-12H2,1-4H3. The Morgan fingerprint density at radius 3 is 2.68 bits per heavy atom. The lowest BCUT2D eigenvalue weighted by atomic mass is 10.1. The van der Waals surface area contributed by atoms with Crippen LogP contribution < -0.4 is 10.1 Å². The van der Waals surface area contributed by atoms with Crippen molar-refractivity contribution >= 4 is 0 Å². The minimum atomic E-state index is 0.673. The number of hydrogen-bond donors (Lipinski definition) is 1. The van der Waals surface area contributed by atoms with Crippen molar-refractivity contribution in [3.05, 3.63) is 29.3 Å². The number of rotatable bonds is 9. The lowest BCUT2D eigenvalue weighted by molar-refractivity contribution is 0.199. The minimum absolute atomic E-state index is 0.673. The van der Waals surface area contributed by atoms with Crippen LogP contribution in [0.15, 0.2) is 18.2 Å². The van der Waals surface area contributed by atoms with Gasteiger partial charge in [-0.1, -0.05) is 32.0 Å². The van der Waals surface area contributed by atoms with Gasteiger partial charge >= 0.3 is 0 Å². The van der Waals surface area contributed by atoms with Crippen LogP contribution in [0.3, 0.4) is 0 Å². The van der Waals surface area contributed by atoms with Gasteiger partial charge in [-0.05, 0) is 24.8 Å². The second-order valence-corrected chi connectivity index (χ2v) is 5.26. The first kappa shape index (κ1) is 16.0. The van der Waals surface area contributed by atoms with Gasteiger partial charge in [0.2, 0.25) is 0 Å². The Kier molecular flexibility index (Phi) is 7.53. The highest BCUT2D eigenvalue weighted by molar-refractivity contribution is 5.40. The van der Waals surface area contributed by atoms with Crippen molar-refractivity contribution in [2.45, 2.75) is 33.7 Å². The van der Waals surface area contributed by atoms with Crippen molar-refractivity contribution in [3.63, 3.8) is 0 Å². The van der Waals surface area contributed by atoms with Crippen LogP contribution in [0.5, 0.6) is 5.75 Å². The largest absolute Gasteiger partial charge is 0.493 e. The highest BCUT2D eigenvalue weighted by Crippen LogP contribution is 2.23. The summed E-state index contributed by atoms with van der Waals surface area (Å²) in [6.45, 7) is 9.73. The van der Waals surface area contributed by atoms with Gasteiger partial charge in [-0.2, -0.15) is 0 Å². The maximum atomic E-state index is 5.96. The SMILES string of the molecule is COCCNCc1cccc(C)c1OCCC(C)C. The molecule has 0 saturated carbocycles. The Labute approximate surface area is 117 Å². The molecule has 0 aliphatic heterocycles. The molecule has 0 atom stereocenters. The molecule has 3 heteroatoms. The average molecular weight is 265 g/mol. The number of aryl methyl sites for hydroxylation is 1. The predicted molar refractivity (Wildman–Crippen MR) is 79.7 cm³/mol. The molecule has 0 aliphatic carbocycles. The molecule has 108 valence electrons. The van der Waals surface area contributed by atoms with Gasteiger partial charge in [-0.15, -0.1) is 0 Å². The zero-order valence-electron chi connectivity index (χ0n) is 12.7. The van der Waals surface area contributed by atoms with E-state index in [9.17, 15) is 0 Å². The smallest absolute Gasteiger partial charge is 0.126 e. The summed E-state index contributed by atoms with van der Waals surface area (Å²) < 4.78 is 11.0. The van der Waals surface area contributed by atoms with Crippen molar-refractivity contribution in [3.8, 4) is 5.75 Å². The molecule has 0 aromatic heterocycles. The van der Waals surface area contributed by atoms with Crippen LogP contribution >= 0.6 is 0 Å². The number of nitrogens with one attached hydrogen (secondary N) is 1. The molecule has 1 aromatic carbocycles. The fourth-order valence-electron chi connectivity index (χ4n) is 1.85. The summed E-state index contributed by atoms with van der Waals surface area (Å²) in [6, 6.07) is 6.30. The van der Waals surface area contributed by atoms with Crippen molar-refractivity contribution < 1.29 is 9.47 Å². The normalized spacial score (nSPS) is 11.0. The van der Waals surface area contributed by atoms with E-state index in [0.29, 0.717) is 5.92 Å². The molecule has 0 saturated heterocycles. The van der Waals surface area contributed by atoms with E-state index in [1.165, 1.54) is 11.1 Å². The maximum absolute atomic E-state index is 5.96. The fraction of sp³-hybridized carbons (Fsp3) is 0.625. The zero-order valence-corrected chi connectivity index (χ0v) is 12.7. The molecule has 0 radical (unpaired) electrons. The van der Waals surface area contributed by atoms with Crippen molar-refractivity contribution in [1.82, 2.24) is 5.32 Å². The van der Waals surface area contributed by atoms with Gasteiger partial charge in [-0.25, -0.2) is 0 Å². The van der Waals surface area contributed by atoms with E-state index in [1.807, 2.05) is 0 Å². The zero-order chi connectivity index (χ0) is 14.1. The van der Waals surface area contributed by atoms with Crippen LogP contribution in [0.1, 0.15) is 31.4 Å². The van der Waals surface area contributed by atoms with Gasteiger partial charge in [0.25, 0.3) is 0 Å². The predicted octanol–water partition coefficient (Wildman–Crippen LogP) is 3.16. The van der Waals surface area contributed by atoms with E-state index in [2.05, 4.69) is 44.3 Å². The molecule has 1 rings (SSSR count). The minimum Gasteiger partial charge on any atom is -0.493 e. The molecule has 0 aliphatic rings. The van der Waals surface area contributed by atoms with Gasteiger partial charge in [0.1, 0.15) is 5.75 Å². The Morgan fingerprint density at radius 1 is 1.21 bits per heavy atom. The molecule has 0 heterocycles. The van der Waals surface area contributed by atoms with Gasteiger partial charge in [0.15, 0.2) is 0 Å². The summed E-state index contributed by atoms with van der Waals surface area (Å²) in [5.74, 6) is 1.71. The first-order valence-electron chi connectivity index (χ1n) is 7.06. The second kappa shape index (κ2) is 8.94. The second-order valence-electron chi connectivity index (χ2n) is 5.26. The van der Waals surface area contributed by atoms with Crippen molar-refractivity contribution in [1.29, 1.82) is 0 Å². The molecular formula is C16H27NO2. The van der Waals surface area contributed by atoms with Crippen molar-refractivity contribution in [2.75, 3.05) is 26.9 Å². The summed E-state index contributed by atoms with van der Waals surface area (Å²) in [5, 5.41) is 3.36. The van der Waals surface area contributed by atoms with Crippen LogP contribution in [0, 0.1) is 12.8 Å². The van der Waals surface area contributed by atoms with Crippen LogP contribution in [-0.4, -0.2) is 26.9 Å². The number of ether oxygens (including phenoxy) is 2. The molecule has 0 unspecified atom stereocenters. The Morgan fingerprint density at radius 2 is 2.00 bits per heavy atom. The maximum Gasteiger partial charge on any atom is 0.126 e. The Balaban J connectivity index is 2.56. The quantitative estimate of drug-likeness (QED) is 0.696. The Hall–Kier alpha value is -1.06. The third-order valence-corrected chi connectivity index (χ3v) is 3.03. The summed E-state index contributed by atoms with van der Waals surface area (Å²) in [5.41, 5.74) is 2.43. The summed E-state index contributed by atoms with van der Waals surface area (Å²) >= 11 is 0. The van der Waals surface area contributed by atoms with Crippen LogP contribution in [0.25, 0.3) is 0 Å². The molecule has 1 aromatic rings. The molecular weight excluding hydrogens is 238 g/mol. The van der Waals surface area contributed by atoms with E-state index in [4.69, 9.17) is 9.47 Å². The van der Waals surface area contributed by atoms with Crippen LogP contribution in [-0.2, 0) is 11.3 Å². The first-order chi connectivity index (χ1) is 9.15. The third kappa shape index (κ3) is 6.08. The summed E-state index contributed by atoms with van der Waals surface area (Å²) in [4.78, 5) is 0. The van der Waals surface area contributed by atoms with E-state index in [-0.39, 0.29) is 0 Å². The molecule has 19 heavy (non-hydrogen) atoms. The van der Waals surface area contributed by atoms with Crippen molar-refractivity contribution in [2.24, 2.45) is 5.92 Å². The number of para-hydroxylation sites is 1. The summed E-state index contributed by atoms with van der Waals surface area (Å²) in [6.07, 6.45) is 1.09. The lowest BCUT2D eigenvalue weighted by Crippen LogP contribution is -2.19. The number of methoxy groups -OCH3 is 1. The topological polar surface area (TPSA) is 30.5 Å². The summed E-state index contributed by atoms with van der Waals surface area (Å²) in [7, 11) is 1.72. The Bertz CT molecular complexity index is 364. The van der Waals surface area contributed by atoms with Crippen LogP contribution in [0.4, 0.5) is 0 Å². The van der Waals surface area contributed by atoms with Crippen LogP contribution in [0.2, 0.25) is 0 Å². The fourth-order valence-corrected chi connectivity index (χ4v) is 1.85. The van der Waals surface area contributed by atoms with Gasteiger partial charge in [-0.3, -0.25) is 0 Å². The monoisotopic (exact) mass is 265 g/mol. The molecule has 0 spiro atoms. The molecule has 0 fully saturated rings. The van der Waals surface area contributed by atoms with Gasteiger partial charge in [0.05, 0.1) is 13.2 Å². The third-order valence-electron chi connectivity index (χ3n) is 3.03. The highest BCUT2D eigenvalue weighted by atomic mass is 16.5. The van der Waals surface area contributed by atoms with Gasteiger partial charge in [0, 0.05) is 25.8 Å². The lowest BCUT2D eigenvalue weighted by Gasteiger charge is -2.15. The van der Waals surface area contributed by atoms with E-state index in [0.717, 1.165) is 38.5 Å². The van der Waals surface area contributed by atoms with Gasteiger partial charge < -0.3 is 14.8 Å². The van der Waals surface area contributed by atoms with E-state index in [1.54, 1.807) is 7.11 Å². The van der Waals surface area contributed by atoms with E-state index >= 15 is 0 Å². The molecule has 0 amide bonds. The molecule has 1 N–H and O–H groups in total. The number of hydrogen-bond acceptors (Lipinski definition) is 3. The number of benzene rings is 1. The average Bonchev–Trinajstić information content (AvgIpc) is 2.37. The van der Waals surface area contributed by atoms with E-state index < -0.39 is 0 Å². The molecule has 3 nitrogen and oxygen atoms in total.